The second-order valence-electron chi connectivity index (χ2n) is 3.97. The molecular weight excluding hydrogens is 332 g/mol. The fourth-order valence-corrected chi connectivity index (χ4v) is 3.06. The van der Waals surface area contributed by atoms with E-state index in [-0.39, 0.29) is 18.4 Å². The Morgan fingerprint density at radius 3 is 2.83 bits per heavy atom. The molecule has 3 rings (SSSR count). The standard InChI is InChI=1S/C13H11BrN2S.ClH/c14-9-1-2-12-10(5-9)11(6-16-12)13(15)8-3-4-17-7-8;/h1-7,13,16H,15H2;1H/t13-;/m1./s1. The first-order chi connectivity index (χ1) is 8.25. The summed E-state index contributed by atoms with van der Waals surface area (Å²) in [5, 5.41) is 5.33. The van der Waals surface area contributed by atoms with Crippen LogP contribution in [0.15, 0.2) is 45.7 Å². The summed E-state index contributed by atoms with van der Waals surface area (Å²) in [5.74, 6) is 0. The van der Waals surface area contributed by atoms with E-state index in [1.807, 2.05) is 12.3 Å². The summed E-state index contributed by atoms with van der Waals surface area (Å²) in [6, 6.07) is 8.20. The molecule has 0 aliphatic heterocycles. The molecule has 3 aromatic rings. The van der Waals surface area contributed by atoms with Gasteiger partial charge in [-0.1, -0.05) is 15.9 Å². The van der Waals surface area contributed by atoms with Gasteiger partial charge in [0.1, 0.15) is 0 Å². The molecule has 0 spiro atoms. The first-order valence-electron chi connectivity index (χ1n) is 5.30. The zero-order chi connectivity index (χ0) is 11.8. The summed E-state index contributed by atoms with van der Waals surface area (Å²) < 4.78 is 1.07. The maximum atomic E-state index is 6.29. The third kappa shape index (κ3) is 2.34. The van der Waals surface area contributed by atoms with Crippen LogP contribution in [-0.4, -0.2) is 4.98 Å². The van der Waals surface area contributed by atoms with Gasteiger partial charge in [-0.25, -0.2) is 0 Å². The van der Waals surface area contributed by atoms with Crippen molar-refractivity contribution < 1.29 is 0 Å². The van der Waals surface area contributed by atoms with Crippen molar-refractivity contribution in [1.29, 1.82) is 0 Å². The molecule has 0 radical (unpaired) electrons. The molecule has 2 aromatic heterocycles. The van der Waals surface area contributed by atoms with E-state index in [0.717, 1.165) is 21.1 Å². The number of H-pyrrole nitrogens is 1. The summed E-state index contributed by atoms with van der Waals surface area (Å²) in [5.41, 5.74) is 9.71. The summed E-state index contributed by atoms with van der Waals surface area (Å²) in [4.78, 5) is 3.26. The van der Waals surface area contributed by atoms with Crippen LogP contribution in [0, 0.1) is 0 Å². The lowest BCUT2D eigenvalue weighted by molar-refractivity contribution is 0.885. The van der Waals surface area contributed by atoms with Gasteiger partial charge >= 0.3 is 0 Å². The van der Waals surface area contributed by atoms with Crippen LogP contribution in [0.5, 0.6) is 0 Å². The van der Waals surface area contributed by atoms with Crippen molar-refractivity contribution in [3.63, 3.8) is 0 Å². The van der Waals surface area contributed by atoms with Gasteiger partial charge in [-0.2, -0.15) is 11.3 Å². The van der Waals surface area contributed by atoms with Crippen molar-refractivity contribution in [2.75, 3.05) is 0 Å². The van der Waals surface area contributed by atoms with Crippen LogP contribution in [-0.2, 0) is 0 Å². The van der Waals surface area contributed by atoms with E-state index in [2.05, 4.69) is 49.9 Å². The molecule has 94 valence electrons. The number of rotatable bonds is 2. The summed E-state index contributed by atoms with van der Waals surface area (Å²) in [6.07, 6.45) is 2.00. The number of thiophene rings is 1. The van der Waals surface area contributed by atoms with Crippen molar-refractivity contribution >= 4 is 50.6 Å². The number of hydrogen-bond acceptors (Lipinski definition) is 2. The van der Waals surface area contributed by atoms with Crippen LogP contribution in [0.2, 0.25) is 0 Å². The molecule has 0 bridgehead atoms. The van der Waals surface area contributed by atoms with Crippen molar-refractivity contribution in [2.45, 2.75) is 6.04 Å². The molecule has 0 aliphatic carbocycles. The van der Waals surface area contributed by atoms with E-state index < -0.39 is 0 Å². The van der Waals surface area contributed by atoms with E-state index in [0.29, 0.717) is 0 Å². The van der Waals surface area contributed by atoms with E-state index >= 15 is 0 Å². The van der Waals surface area contributed by atoms with Gasteiger partial charge in [0.15, 0.2) is 0 Å². The number of nitrogens with one attached hydrogen (secondary N) is 1. The van der Waals surface area contributed by atoms with Gasteiger partial charge < -0.3 is 10.7 Å². The highest BCUT2D eigenvalue weighted by Gasteiger charge is 2.14. The fraction of sp³-hybridized carbons (Fsp3) is 0.0769. The van der Waals surface area contributed by atoms with Gasteiger partial charge in [-0.05, 0) is 46.2 Å². The van der Waals surface area contributed by atoms with Gasteiger partial charge in [-0.15, -0.1) is 12.4 Å². The number of nitrogens with two attached hydrogens (primary N) is 1. The first kappa shape index (κ1) is 13.6. The number of halogens is 2. The third-order valence-electron chi connectivity index (χ3n) is 2.91. The highest BCUT2D eigenvalue weighted by atomic mass is 79.9. The van der Waals surface area contributed by atoms with Crippen LogP contribution in [0.4, 0.5) is 0 Å². The summed E-state index contributed by atoms with van der Waals surface area (Å²) in [7, 11) is 0. The highest BCUT2D eigenvalue weighted by Crippen LogP contribution is 2.30. The molecule has 0 amide bonds. The Morgan fingerprint density at radius 2 is 2.11 bits per heavy atom. The fourth-order valence-electron chi connectivity index (χ4n) is 2.00. The summed E-state index contributed by atoms with van der Waals surface area (Å²) in [6.45, 7) is 0. The predicted molar refractivity (Wildman–Crippen MR) is 83.6 cm³/mol. The molecular formula is C13H12BrClN2S. The lowest BCUT2D eigenvalue weighted by Gasteiger charge is -2.08. The minimum absolute atomic E-state index is 0. The Balaban J connectivity index is 0.00000120. The lowest BCUT2D eigenvalue weighted by atomic mass is 10.0. The van der Waals surface area contributed by atoms with Crippen LogP contribution in [0.1, 0.15) is 17.2 Å². The van der Waals surface area contributed by atoms with E-state index in [9.17, 15) is 0 Å². The Bertz CT molecular complexity index is 648. The number of aromatic nitrogens is 1. The molecule has 5 heteroatoms. The Kier molecular flexibility index (Phi) is 4.12. The van der Waals surface area contributed by atoms with Crippen LogP contribution in [0.25, 0.3) is 10.9 Å². The SMILES string of the molecule is Cl.N[C@H](c1ccsc1)c1c[nH]c2ccc(Br)cc12. The molecule has 1 aromatic carbocycles. The van der Waals surface area contributed by atoms with Crippen LogP contribution in [0.3, 0.4) is 0 Å². The Morgan fingerprint density at radius 1 is 1.28 bits per heavy atom. The number of fused-ring (bicyclic) bond motifs is 1. The number of benzene rings is 1. The van der Waals surface area contributed by atoms with Gasteiger partial charge in [0, 0.05) is 21.6 Å². The molecule has 0 saturated heterocycles. The number of aromatic amines is 1. The van der Waals surface area contributed by atoms with Gasteiger partial charge in [-0.3, -0.25) is 0 Å². The minimum Gasteiger partial charge on any atom is -0.361 e. The monoisotopic (exact) mass is 342 g/mol. The Labute approximate surface area is 124 Å². The molecule has 0 fully saturated rings. The maximum Gasteiger partial charge on any atom is 0.0581 e. The van der Waals surface area contributed by atoms with Crippen molar-refractivity contribution in [1.82, 2.24) is 4.98 Å². The second kappa shape index (κ2) is 5.45. The normalized spacial score (nSPS) is 12.3. The highest BCUT2D eigenvalue weighted by molar-refractivity contribution is 9.10. The van der Waals surface area contributed by atoms with Crippen LogP contribution >= 0.6 is 39.7 Å². The average Bonchev–Trinajstić information content (AvgIpc) is 2.97. The molecule has 0 unspecified atom stereocenters. The quantitative estimate of drug-likeness (QED) is 0.708. The molecule has 3 N–H and O–H groups in total. The van der Waals surface area contributed by atoms with Crippen molar-refractivity contribution in [3.8, 4) is 0 Å². The molecule has 2 heterocycles. The van der Waals surface area contributed by atoms with E-state index in [4.69, 9.17) is 5.73 Å². The zero-order valence-electron chi connectivity index (χ0n) is 9.39. The molecule has 18 heavy (non-hydrogen) atoms. The molecule has 1 atom stereocenters. The lowest BCUT2D eigenvalue weighted by Crippen LogP contribution is -2.10. The summed E-state index contributed by atoms with van der Waals surface area (Å²) >= 11 is 5.17. The zero-order valence-corrected chi connectivity index (χ0v) is 12.6. The third-order valence-corrected chi connectivity index (χ3v) is 4.11. The van der Waals surface area contributed by atoms with E-state index in [1.165, 1.54) is 5.39 Å². The molecule has 0 saturated carbocycles. The number of hydrogen-bond donors (Lipinski definition) is 2. The first-order valence-corrected chi connectivity index (χ1v) is 7.03. The van der Waals surface area contributed by atoms with Gasteiger partial charge in [0.05, 0.1) is 6.04 Å². The largest absolute Gasteiger partial charge is 0.361 e. The molecule has 2 nitrogen and oxygen atoms in total. The average molecular weight is 344 g/mol. The smallest absolute Gasteiger partial charge is 0.0581 e. The minimum atomic E-state index is -0.0655. The Hall–Kier alpha value is -0.810. The van der Waals surface area contributed by atoms with Crippen LogP contribution < -0.4 is 5.73 Å². The maximum absolute atomic E-state index is 6.29. The van der Waals surface area contributed by atoms with Gasteiger partial charge in [0.25, 0.3) is 0 Å². The molecule has 0 aliphatic rings. The van der Waals surface area contributed by atoms with E-state index in [1.54, 1.807) is 11.3 Å². The van der Waals surface area contributed by atoms with Gasteiger partial charge in [0.2, 0.25) is 0 Å². The van der Waals surface area contributed by atoms with Crippen molar-refractivity contribution in [2.24, 2.45) is 5.73 Å². The predicted octanol–water partition coefficient (Wildman–Crippen LogP) is 4.46. The van der Waals surface area contributed by atoms with Crippen molar-refractivity contribution in [3.05, 3.63) is 56.8 Å². The second-order valence-corrected chi connectivity index (χ2v) is 5.66. The topological polar surface area (TPSA) is 41.8 Å².